The highest BCUT2D eigenvalue weighted by molar-refractivity contribution is 5.74. The molecule has 5 nitrogen and oxygen atoms in total. The minimum atomic E-state index is -0.679. The number of aliphatic hydroxyl groups is 1. The van der Waals surface area contributed by atoms with E-state index in [1.807, 2.05) is 36.4 Å². The molecule has 6 heteroatoms. The van der Waals surface area contributed by atoms with Crippen LogP contribution in [0.25, 0.3) is 0 Å². The summed E-state index contributed by atoms with van der Waals surface area (Å²) in [6.07, 6.45) is -0.323. The van der Waals surface area contributed by atoms with Crippen LogP contribution in [0, 0.1) is 17.1 Å². The number of urea groups is 1. The SMILES string of the molecule is C[C@@H](C[C@H](O)c1ccccc1)NC(=O)NCc1cc(C#N)ccc1F. The normalized spacial score (nSPS) is 12.7. The second-order valence-corrected chi connectivity index (χ2v) is 5.81. The predicted octanol–water partition coefficient (Wildman–Crippen LogP) is 3.01. The van der Waals surface area contributed by atoms with Gasteiger partial charge in [0.1, 0.15) is 5.82 Å². The quantitative estimate of drug-likeness (QED) is 0.755. The van der Waals surface area contributed by atoms with E-state index in [1.165, 1.54) is 18.2 Å². The van der Waals surface area contributed by atoms with E-state index in [4.69, 9.17) is 5.26 Å². The fourth-order valence-electron chi connectivity index (χ4n) is 2.44. The Balaban J connectivity index is 1.83. The molecule has 25 heavy (non-hydrogen) atoms. The second-order valence-electron chi connectivity index (χ2n) is 5.81. The predicted molar refractivity (Wildman–Crippen MR) is 92.0 cm³/mol. The Labute approximate surface area is 146 Å². The Morgan fingerprint density at radius 3 is 2.68 bits per heavy atom. The lowest BCUT2D eigenvalue weighted by molar-refractivity contribution is 0.154. The zero-order valence-corrected chi connectivity index (χ0v) is 13.9. The van der Waals surface area contributed by atoms with E-state index < -0.39 is 18.0 Å². The fraction of sp³-hybridized carbons (Fsp3) is 0.263. The first-order chi connectivity index (χ1) is 12.0. The summed E-state index contributed by atoms with van der Waals surface area (Å²) >= 11 is 0. The van der Waals surface area contributed by atoms with E-state index >= 15 is 0 Å². The molecule has 2 aromatic carbocycles. The molecule has 130 valence electrons. The number of nitriles is 1. The van der Waals surface area contributed by atoms with Crippen LogP contribution in [0.3, 0.4) is 0 Å². The van der Waals surface area contributed by atoms with E-state index in [0.717, 1.165) is 5.56 Å². The summed E-state index contributed by atoms with van der Waals surface area (Å²) in [5, 5.41) is 24.2. The zero-order valence-electron chi connectivity index (χ0n) is 13.9. The molecular formula is C19H20FN3O2. The maximum absolute atomic E-state index is 13.7. The summed E-state index contributed by atoms with van der Waals surface area (Å²) in [4.78, 5) is 11.9. The monoisotopic (exact) mass is 341 g/mol. The van der Waals surface area contributed by atoms with Crippen molar-refractivity contribution in [1.82, 2.24) is 10.6 Å². The van der Waals surface area contributed by atoms with Crippen molar-refractivity contribution in [2.24, 2.45) is 0 Å². The summed E-state index contributed by atoms with van der Waals surface area (Å²) < 4.78 is 13.7. The van der Waals surface area contributed by atoms with Crippen LogP contribution in [0.2, 0.25) is 0 Å². The van der Waals surface area contributed by atoms with Crippen LogP contribution in [-0.4, -0.2) is 17.2 Å². The largest absolute Gasteiger partial charge is 0.388 e. The molecule has 3 N–H and O–H groups in total. The van der Waals surface area contributed by atoms with Gasteiger partial charge in [-0.3, -0.25) is 0 Å². The molecule has 0 saturated heterocycles. The van der Waals surface area contributed by atoms with Crippen molar-refractivity contribution in [2.45, 2.75) is 32.0 Å². The summed E-state index contributed by atoms with van der Waals surface area (Å²) in [6.45, 7) is 1.75. The molecule has 0 radical (unpaired) electrons. The Morgan fingerprint density at radius 2 is 2.00 bits per heavy atom. The first-order valence-corrected chi connectivity index (χ1v) is 7.95. The number of benzene rings is 2. The molecule has 0 aliphatic rings. The third-order valence-electron chi connectivity index (χ3n) is 3.75. The van der Waals surface area contributed by atoms with Gasteiger partial charge in [-0.1, -0.05) is 30.3 Å². The van der Waals surface area contributed by atoms with Crippen LogP contribution in [-0.2, 0) is 6.54 Å². The minimum absolute atomic E-state index is 0.0266. The summed E-state index contributed by atoms with van der Waals surface area (Å²) in [5.41, 5.74) is 1.36. The molecule has 0 aromatic heterocycles. The fourth-order valence-corrected chi connectivity index (χ4v) is 2.44. The molecule has 2 amide bonds. The molecule has 0 spiro atoms. The van der Waals surface area contributed by atoms with Crippen LogP contribution in [0.5, 0.6) is 0 Å². The van der Waals surface area contributed by atoms with Crippen molar-refractivity contribution in [3.8, 4) is 6.07 Å². The van der Waals surface area contributed by atoms with Gasteiger partial charge in [0.15, 0.2) is 0 Å². The van der Waals surface area contributed by atoms with Gasteiger partial charge in [0, 0.05) is 18.2 Å². The molecular weight excluding hydrogens is 321 g/mol. The van der Waals surface area contributed by atoms with E-state index in [-0.39, 0.29) is 18.2 Å². The number of aliphatic hydroxyl groups excluding tert-OH is 1. The summed E-state index contributed by atoms with van der Waals surface area (Å²) in [5.74, 6) is -0.480. The third kappa shape index (κ3) is 5.59. The molecule has 0 heterocycles. The Bertz CT molecular complexity index is 759. The zero-order chi connectivity index (χ0) is 18.2. The third-order valence-corrected chi connectivity index (χ3v) is 3.75. The second kappa shape index (κ2) is 8.81. The number of nitrogens with one attached hydrogen (secondary N) is 2. The lowest BCUT2D eigenvalue weighted by Gasteiger charge is -2.18. The van der Waals surface area contributed by atoms with E-state index in [2.05, 4.69) is 10.6 Å². The molecule has 2 rings (SSSR count). The van der Waals surface area contributed by atoms with Gasteiger partial charge in [-0.2, -0.15) is 5.26 Å². The lowest BCUT2D eigenvalue weighted by Crippen LogP contribution is -2.41. The van der Waals surface area contributed by atoms with Crippen LogP contribution < -0.4 is 10.6 Å². The smallest absolute Gasteiger partial charge is 0.315 e. The Hall–Kier alpha value is -2.91. The van der Waals surface area contributed by atoms with Crippen molar-refractivity contribution in [3.63, 3.8) is 0 Å². The highest BCUT2D eigenvalue weighted by atomic mass is 19.1. The summed E-state index contributed by atoms with van der Waals surface area (Å²) in [6, 6.07) is 14.4. The van der Waals surface area contributed by atoms with Crippen molar-refractivity contribution in [2.75, 3.05) is 0 Å². The first kappa shape index (κ1) is 18.4. The van der Waals surface area contributed by atoms with E-state index in [9.17, 15) is 14.3 Å². The van der Waals surface area contributed by atoms with Crippen LogP contribution in [0.1, 0.15) is 36.1 Å². The van der Waals surface area contributed by atoms with Gasteiger partial charge in [0.25, 0.3) is 0 Å². The molecule has 2 atom stereocenters. The van der Waals surface area contributed by atoms with Crippen LogP contribution in [0.15, 0.2) is 48.5 Å². The number of halogens is 1. The number of carbonyl (C=O) groups is 1. The van der Waals surface area contributed by atoms with Crippen LogP contribution >= 0.6 is 0 Å². The van der Waals surface area contributed by atoms with Gasteiger partial charge in [0.2, 0.25) is 0 Å². The number of nitrogens with zero attached hydrogens (tertiary/aromatic N) is 1. The Kier molecular flexibility index (Phi) is 6.49. The molecule has 0 aliphatic heterocycles. The number of rotatable bonds is 6. The maximum Gasteiger partial charge on any atom is 0.315 e. The van der Waals surface area contributed by atoms with E-state index in [0.29, 0.717) is 12.0 Å². The van der Waals surface area contributed by atoms with Crippen molar-refractivity contribution >= 4 is 6.03 Å². The molecule has 2 aromatic rings. The number of amides is 2. The maximum atomic E-state index is 13.7. The van der Waals surface area contributed by atoms with Crippen LogP contribution in [0.4, 0.5) is 9.18 Å². The highest BCUT2D eigenvalue weighted by Gasteiger charge is 2.14. The lowest BCUT2D eigenvalue weighted by atomic mass is 10.0. The van der Waals surface area contributed by atoms with Crippen molar-refractivity contribution < 1.29 is 14.3 Å². The standard InChI is InChI=1S/C19H20FN3O2/c1-13(9-18(24)15-5-3-2-4-6-15)23-19(25)22-12-16-10-14(11-21)7-8-17(16)20/h2-8,10,13,18,24H,9,12H2,1H3,(H2,22,23,25)/t13-,18-/m0/s1. The highest BCUT2D eigenvalue weighted by Crippen LogP contribution is 2.17. The topological polar surface area (TPSA) is 85.2 Å². The first-order valence-electron chi connectivity index (χ1n) is 7.95. The van der Waals surface area contributed by atoms with Crippen molar-refractivity contribution in [3.05, 3.63) is 71.0 Å². The molecule has 0 aliphatic carbocycles. The van der Waals surface area contributed by atoms with Crippen molar-refractivity contribution in [1.29, 1.82) is 5.26 Å². The molecule has 0 fully saturated rings. The number of carbonyl (C=O) groups excluding carboxylic acids is 1. The van der Waals surface area contributed by atoms with Gasteiger partial charge >= 0.3 is 6.03 Å². The average Bonchev–Trinajstić information content (AvgIpc) is 2.61. The van der Waals surface area contributed by atoms with E-state index in [1.54, 1.807) is 6.92 Å². The van der Waals surface area contributed by atoms with Gasteiger partial charge in [-0.25, -0.2) is 9.18 Å². The molecule has 0 bridgehead atoms. The van der Waals surface area contributed by atoms with Gasteiger partial charge in [-0.15, -0.1) is 0 Å². The number of hydrogen-bond acceptors (Lipinski definition) is 3. The minimum Gasteiger partial charge on any atom is -0.388 e. The van der Waals surface area contributed by atoms with Gasteiger partial charge in [0.05, 0.1) is 17.7 Å². The average molecular weight is 341 g/mol. The Morgan fingerprint density at radius 1 is 1.28 bits per heavy atom. The summed E-state index contributed by atoms with van der Waals surface area (Å²) in [7, 11) is 0. The number of hydrogen-bond donors (Lipinski definition) is 3. The van der Waals surface area contributed by atoms with Gasteiger partial charge < -0.3 is 15.7 Å². The molecule has 0 saturated carbocycles. The van der Waals surface area contributed by atoms with Gasteiger partial charge in [-0.05, 0) is 37.1 Å². The molecule has 0 unspecified atom stereocenters.